The molecule has 1 aliphatic heterocycles. The number of ether oxygens (including phenoxy) is 1. The molecule has 1 fully saturated rings. The van der Waals surface area contributed by atoms with E-state index in [9.17, 15) is 5.11 Å². The van der Waals surface area contributed by atoms with Gasteiger partial charge in [-0.25, -0.2) is 9.67 Å². The highest BCUT2D eigenvalue weighted by atomic mass is 16.5. The van der Waals surface area contributed by atoms with Crippen molar-refractivity contribution in [3.05, 3.63) is 36.9 Å². The molecule has 23 heavy (non-hydrogen) atoms. The fourth-order valence-electron chi connectivity index (χ4n) is 2.82. The zero-order chi connectivity index (χ0) is 16.1. The Morgan fingerprint density at radius 3 is 2.65 bits per heavy atom. The van der Waals surface area contributed by atoms with E-state index in [1.54, 1.807) is 11.0 Å². The van der Waals surface area contributed by atoms with Crippen LogP contribution in [0.4, 0.5) is 0 Å². The molecule has 0 aliphatic carbocycles. The Morgan fingerprint density at radius 1 is 1.26 bits per heavy atom. The summed E-state index contributed by atoms with van der Waals surface area (Å²) in [5.41, 5.74) is 0.929. The monoisotopic (exact) mass is 316 g/mol. The maximum Gasteiger partial charge on any atom is 0.138 e. The van der Waals surface area contributed by atoms with E-state index in [4.69, 9.17) is 4.74 Å². The molecule has 6 heteroatoms. The molecule has 1 aromatic heterocycles. The van der Waals surface area contributed by atoms with Crippen LogP contribution in [0.1, 0.15) is 19.8 Å². The lowest BCUT2D eigenvalue weighted by atomic mass is 9.99. The smallest absolute Gasteiger partial charge is 0.138 e. The minimum absolute atomic E-state index is 0.314. The number of hydrogen-bond donors (Lipinski definition) is 1. The Kier molecular flexibility index (Phi) is 5.25. The van der Waals surface area contributed by atoms with E-state index in [0.29, 0.717) is 13.2 Å². The second-order valence-electron chi connectivity index (χ2n) is 6.28. The maximum absolute atomic E-state index is 10.1. The largest absolute Gasteiger partial charge is 0.491 e. The number of rotatable bonds is 6. The van der Waals surface area contributed by atoms with Gasteiger partial charge in [0.15, 0.2) is 0 Å². The Hall–Kier alpha value is -1.92. The van der Waals surface area contributed by atoms with Gasteiger partial charge in [-0.2, -0.15) is 5.10 Å². The number of aliphatic hydroxyl groups is 1. The van der Waals surface area contributed by atoms with E-state index in [0.717, 1.165) is 30.4 Å². The number of hydrogen-bond acceptors (Lipinski definition) is 5. The van der Waals surface area contributed by atoms with E-state index < -0.39 is 6.10 Å². The molecule has 1 aromatic carbocycles. The van der Waals surface area contributed by atoms with Crippen molar-refractivity contribution in [2.45, 2.75) is 25.9 Å². The van der Waals surface area contributed by atoms with Crippen molar-refractivity contribution < 1.29 is 9.84 Å². The van der Waals surface area contributed by atoms with Gasteiger partial charge in [-0.3, -0.25) is 0 Å². The first-order chi connectivity index (χ1) is 11.2. The second kappa shape index (κ2) is 7.57. The van der Waals surface area contributed by atoms with E-state index in [-0.39, 0.29) is 0 Å². The van der Waals surface area contributed by atoms with Crippen molar-refractivity contribution in [3.63, 3.8) is 0 Å². The Bertz CT molecular complexity index is 577. The minimum atomic E-state index is -0.460. The summed E-state index contributed by atoms with van der Waals surface area (Å²) in [6.07, 6.45) is 5.13. The summed E-state index contributed by atoms with van der Waals surface area (Å²) in [4.78, 5) is 6.24. The summed E-state index contributed by atoms with van der Waals surface area (Å²) >= 11 is 0. The number of β-amino-alcohol motifs (C(OH)–C–C–N with tert-alkyl or cyclic N) is 1. The third kappa shape index (κ3) is 4.53. The standard InChI is InChI=1S/C17H24N4O2/c1-14-6-8-20(9-7-14)10-16(22)11-23-17-4-2-15(3-5-17)21-13-18-12-19-21/h2-5,12-14,16,22H,6-11H2,1H3/t16-/m1/s1. The van der Waals surface area contributed by atoms with Crippen LogP contribution in [-0.2, 0) is 0 Å². The SMILES string of the molecule is CC1CCN(C[C@@H](O)COc2ccc(-n3cncn3)cc2)CC1. The second-order valence-corrected chi connectivity index (χ2v) is 6.28. The fourth-order valence-corrected chi connectivity index (χ4v) is 2.82. The van der Waals surface area contributed by atoms with Gasteiger partial charge in [0.05, 0.1) is 5.69 Å². The first-order valence-electron chi connectivity index (χ1n) is 8.19. The quantitative estimate of drug-likeness (QED) is 0.879. The number of nitrogens with zero attached hydrogens (tertiary/aromatic N) is 4. The van der Waals surface area contributed by atoms with Crippen LogP contribution in [0.5, 0.6) is 5.75 Å². The third-order valence-electron chi connectivity index (χ3n) is 4.31. The highest BCUT2D eigenvalue weighted by Gasteiger charge is 2.18. The zero-order valence-corrected chi connectivity index (χ0v) is 13.5. The van der Waals surface area contributed by atoms with Gasteiger partial charge < -0.3 is 14.7 Å². The highest BCUT2D eigenvalue weighted by molar-refractivity contribution is 5.36. The first-order valence-corrected chi connectivity index (χ1v) is 8.19. The summed E-state index contributed by atoms with van der Waals surface area (Å²) in [6, 6.07) is 7.60. The summed E-state index contributed by atoms with van der Waals surface area (Å²) in [6.45, 7) is 5.44. The van der Waals surface area contributed by atoms with Crippen molar-refractivity contribution in [2.75, 3.05) is 26.2 Å². The number of likely N-dealkylation sites (tertiary alicyclic amines) is 1. The fraction of sp³-hybridized carbons (Fsp3) is 0.529. The molecule has 1 saturated heterocycles. The molecule has 1 N–H and O–H groups in total. The number of aliphatic hydroxyl groups excluding tert-OH is 1. The molecule has 0 amide bonds. The van der Waals surface area contributed by atoms with Crippen molar-refractivity contribution in [1.29, 1.82) is 0 Å². The van der Waals surface area contributed by atoms with Gasteiger partial charge in [0, 0.05) is 6.54 Å². The predicted octanol–water partition coefficient (Wildman–Crippen LogP) is 1.74. The molecule has 3 rings (SSSR count). The van der Waals surface area contributed by atoms with Crippen LogP contribution in [-0.4, -0.2) is 57.1 Å². The van der Waals surface area contributed by atoms with Gasteiger partial charge in [0.1, 0.15) is 31.1 Å². The molecule has 0 saturated carbocycles. The zero-order valence-electron chi connectivity index (χ0n) is 13.5. The van der Waals surface area contributed by atoms with Gasteiger partial charge in [-0.05, 0) is 56.1 Å². The normalized spacial score (nSPS) is 18.0. The Labute approximate surface area is 136 Å². The van der Waals surface area contributed by atoms with Crippen LogP contribution in [0.25, 0.3) is 5.69 Å². The molecule has 124 valence electrons. The lowest BCUT2D eigenvalue weighted by molar-refractivity contribution is 0.0563. The van der Waals surface area contributed by atoms with Crippen LogP contribution in [0.3, 0.4) is 0 Å². The van der Waals surface area contributed by atoms with Crippen molar-refractivity contribution in [3.8, 4) is 11.4 Å². The van der Waals surface area contributed by atoms with Crippen LogP contribution in [0.15, 0.2) is 36.9 Å². The lowest BCUT2D eigenvalue weighted by Crippen LogP contribution is -2.40. The van der Waals surface area contributed by atoms with E-state index in [2.05, 4.69) is 21.9 Å². The lowest BCUT2D eigenvalue weighted by Gasteiger charge is -2.31. The molecule has 0 bridgehead atoms. The van der Waals surface area contributed by atoms with Gasteiger partial charge in [0.25, 0.3) is 0 Å². The molecule has 2 aromatic rings. The van der Waals surface area contributed by atoms with Gasteiger partial charge in [-0.15, -0.1) is 0 Å². The minimum Gasteiger partial charge on any atom is -0.491 e. The number of piperidine rings is 1. The Morgan fingerprint density at radius 2 is 2.00 bits per heavy atom. The number of benzene rings is 1. The van der Waals surface area contributed by atoms with Crippen LogP contribution in [0, 0.1) is 5.92 Å². The summed E-state index contributed by atoms with van der Waals surface area (Å²) in [5.74, 6) is 1.56. The summed E-state index contributed by atoms with van der Waals surface area (Å²) in [7, 11) is 0. The highest BCUT2D eigenvalue weighted by Crippen LogP contribution is 2.17. The van der Waals surface area contributed by atoms with Crippen molar-refractivity contribution in [1.82, 2.24) is 19.7 Å². The third-order valence-corrected chi connectivity index (χ3v) is 4.31. The predicted molar refractivity (Wildman–Crippen MR) is 87.7 cm³/mol. The first kappa shape index (κ1) is 16.0. The maximum atomic E-state index is 10.1. The van der Waals surface area contributed by atoms with Crippen molar-refractivity contribution >= 4 is 0 Å². The van der Waals surface area contributed by atoms with E-state index in [1.165, 1.54) is 19.2 Å². The van der Waals surface area contributed by atoms with Crippen LogP contribution in [0.2, 0.25) is 0 Å². The molecule has 1 atom stereocenters. The van der Waals surface area contributed by atoms with Crippen LogP contribution < -0.4 is 4.74 Å². The molecule has 1 aliphatic rings. The van der Waals surface area contributed by atoms with E-state index in [1.807, 2.05) is 24.3 Å². The molecule has 6 nitrogen and oxygen atoms in total. The average Bonchev–Trinajstić information content (AvgIpc) is 3.10. The Balaban J connectivity index is 1.44. The molecule has 0 unspecified atom stereocenters. The molecule has 0 radical (unpaired) electrons. The summed E-state index contributed by atoms with van der Waals surface area (Å²) < 4.78 is 7.37. The summed E-state index contributed by atoms with van der Waals surface area (Å²) in [5, 5.41) is 14.2. The molecular formula is C17H24N4O2. The van der Waals surface area contributed by atoms with Gasteiger partial charge in [-0.1, -0.05) is 6.92 Å². The van der Waals surface area contributed by atoms with E-state index >= 15 is 0 Å². The van der Waals surface area contributed by atoms with Gasteiger partial charge >= 0.3 is 0 Å². The molecule has 2 heterocycles. The topological polar surface area (TPSA) is 63.4 Å². The van der Waals surface area contributed by atoms with Gasteiger partial charge in [0.2, 0.25) is 0 Å². The average molecular weight is 316 g/mol. The van der Waals surface area contributed by atoms with Crippen LogP contribution >= 0.6 is 0 Å². The number of aromatic nitrogens is 3. The van der Waals surface area contributed by atoms with Crippen molar-refractivity contribution in [2.24, 2.45) is 5.92 Å². The molecule has 0 spiro atoms. The molecular weight excluding hydrogens is 292 g/mol.